The fourth-order valence-electron chi connectivity index (χ4n) is 4.62. The van der Waals surface area contributed by atoms with Crippen LogP contribution >= 0.6 is 23.1 Å². The molecule has 8 nitrogen and oxygen atoms in total. The molecular weight excluding hydrogens is 629 g/mol. The molecule has 3 N–H and O–H groups in total. The second-order valence-corrected chi connectivity index (χ2v) is 13.3. The third-order valence-electron chi connectivity index (χ3n) is 7.09. The van der Waals surface area contributed by atoms with Gasteiger partial charge in [-0.25, -0.2) is 4.98 Å². The molecule has 1 aromatic heterocycles. The number of thioether (sulfide) groups is 1. The molecule has 0 aliphatic heterocycles. The number of nitrogens with zero attached hydrogens (tertiary/aromatic N) is 1. The summed E-state index contributed by atoms with van der Waals surface area (Å²) in [5, 5.41) is 8.68. The summed E-state index contributed by atoms with van der Waals surface area (Å²) < 4.78 is 5.45. The van der Waals surface area contributed by atoms with E-state index in [0.717, 1.165) is 21.0 Å². The summed E-state index contributed by atoms with van der Waals surface area (Å²) in [6, 6.07) is 31.2. The maximum absolute atomic E-state index is 13.6. The van der Waals surface area contributed by atoms with E-state index < -0.39 is 17.1 Å². The van der Waals surface area contributed by atoms with Crippen molar-refractivity contribution in [2.75, 3.05) is 17.7 Å². The smallest absolute Gasteiger partial charge is 0.272 e. The number of thiazole rings is 1. The number of amides is 3. The van der Waals surface area contributed by atoms with E-state index in [1.54, 1.807) is 67.8 Å². The van der Waals surface area contributed by atoms with Crippen LogP contribution in [0.4, 0.5) is 10.8 Å². The normalized spacial score (nSPS) is 11.8. The SMILES string of the molecule is COc1ccccc1/C=C(/NC(=O)c1ccccc1)C(=O)Nc1cccc(SC(C)C(=O)Nc2nc(-c3ccc(C)cc3)c(C)s2)c1. The number of ether oxygens (including phenoxy) is 1. The summed E-state index contributed by atoms with van der Waals surface area (Å²) in [5.74, 6) is -0.569. The van der Waals surface area contributed by atoms with Crippen molar-refractivity contribution in [2.45, 2.75) is 30.9 Å². The molecule has 5 aromatic rings. The molecule has 4 aromatic carbocycles. The Morgan fingerprint density at radius 2 is 1.60 bits per heavy atom. The van der Waals surface area contributed by atoms with Gasteiger partial charge in [0.2, 0.25) is 5.91 Å². The fraction of sp³-hybridized carbons (Fsp3) is 0.135. The molecule has 5 rings (SSSR count). The van der Waals surface area contributed by atoms with Crippen LogP contribution in [0.1, 0.15) is 33.3 Å². The lowest BCUT2D eigenvalue weighted by Crippen LogP contribution is -2.30. The molecule has 0 bridgehead atoms. The Morgan fingerprint density at radius 1 is 0.872 bits per heavy atom. The van der Waals surface area contributed by atoms with Crippen LogP contribution in [0.15, 0.2) is 114 Å². The Bertz CT molecular complexity index is 1920. The third-order valence-corrected chi connectivity index (χ3v) is 9.07. The molecule has 47 heavy (non-hydrogen) atoms. The lowest BCUT2D eigenvalue weighted by Gasteiger charge is -2.14. The van der Waals surface area contributed by atoms with Crippen molar-refractivity contribution in [3.63, 3.8) is 0 Å². The summed E-state index contributed by atoms with van der Waals surface area (Å²) in [6.07, 6.45) is 1.57. The molecule has 1 heterocycles. The van der Waals surface area contributed by atoms with Gasteiger partial charge >= 0.3 is 0 Å². The Labute approximate surface area is 282 Å². The van der Waals surface area contributed by atoms with Gasteiger partial charge in [0, 0.05) is 32.2 Å². The molecule has 0 saturated carbocycles. The quantitative estimate of drug-likeness (QED) is 0.0978. The molecule has 1 unspecified atom stereocenters. The zero-order valence-corrected chi connectivity index (χ0v) is 28.0. The topological polar surface area (TPSA) is 109 Å². The number of para-hydroxylation sites is 1. The van der Waals surface area contributed by atoms with Crippen molar-refractivity contribution in [3.8, 4) is 17.0 Å². The third kappa shape index (κ3) is 8.75. The van der Waals surface area contributed by atoms with Crippen LogP contribution in [0.5, 0.6) is 5.75 Å². The largest absolute Gasteiger partial charge is 0.496 e. The molecule has 0 aliphatic rings. The van der Waals surface area contributed by atoms with E-state index in [1.165, 1.54) is 28.7 Å². The molecule has 0 fully saturated rings. The molecule has 3 amide bonds. The van der Waals surface area contributed by atoms with E-state index in [2.05, 4.69) is 20.9 Å². The predicted molar refractivity (Wildman–Crippen MR) is 191 cm³/mol. The highest BCUT2D eigenvalue weighted by Crippen LogP contribution is 2.32. The minimum atomic E-state index is -0.517. The van der Waals surface area contributed by atoms with Gasteiger partial charge in [0.15, 0.2) is 5.13 Å². The number of aromatic nitrogens is 1. The Morgan fingerprint density at radius 3 is 2.34 bits per heavy atom. The van der Waals surface area contributed by atoms with Crippen molar-refractivity contribution in [2.24, 2.45) is 0 Å². The van der Waals surface area contributed by atoms with E-state index in [1.807, 2.05) is 69.3 Å². The first kappa shape index (κ1) is 33.2. The van der Waals surface area contributed by atoms with E-state index in [9.17, 15) is 14.4 Å². The molecule has 0 spiro atoms. The Balaban J connectivity index is 1.28. The first-order chi connectivity index (χ1) is 22.7. The molecule has 0 saturated heterocycles. The van der Waals surface area contributed by atoms with Gasteiger partial charge in [-0.05, 0) is 63.2 Å². The first-order valence-electron chi connectivity index (χ1n) is 14.8. The second-order valence-electron chi connectivity index (χ2n) is 10.6. The molecule has 0 aliphatic carbocycles. The number of nitrogens with one attached hydrogen (secondary N) is 3. The highest BCUT2D eigenvalue weighted by molar-refractivity contribution is 8.00. The standard InChI is InChI=1S/C37H34N4O4S2/c1-23-17-19-26(20-18-23)33-24(2)47-37(40-33)41-34(42)25(3)46-30-15-10-14-29(22-30)38-36(44)31(21-28-13-8-9-16-32(28)45-4)39-35(43)27-11-6-5-7-12-27/h5-22,25H,1-4H3,(H,38,44)(H,39,43)(H,40,41,42)/b31-21+. The van der Waals surface area contributed by atoms with Gasteiger partial charge in [-0.15, -0.1) is 23.1 Å². The van der Waals surface area contributed by atoms with E-state index in [0.29, 0.717) is 27.7 Å². The molecule has 0 radical (unpaired) electrons. The van der Waals surface area contributed by atoms with Gasteiger partial charge in [-0.3, -0.25) is 14.4 Å². The number of hydrogen-bond donors (Lipinski definition) is 3. The van der Waals surface area contributed by atoms with Crippen molar-refractivity contribution >= 4 is 57.7 Å². The maximum atomic E-state index is 13.6. The highest BCUT2D eigenvalue weighted by atomic mass is 32.2. The number of carbonyl (C=O) groups excluding carboxylic acids is 3. The van der Waals surface area contributed by atoms with E-state index in [-0.39, 0.29) is 11.6 Å². The first-order valence-corrected chi connectivity index (χ1v) is 16.5. The van der Waals surface area contributed by atoms with Crippen LogP contribution < -0.4 is 20.7 Å². The predicted octanol–water partition coefficient (Wildman–Crippen LogP) is 7.96. The van der Waals surface area contributed by atoms with Gasteiger partial charge in [0.25, 0.3) is 11.8 Å². The maximum Gasteiger partial charge on any atom is 0.272 e. The van der Waals surface area contributed by atoms with Gasteiger partial charge < -0.3 is 20.7 Å². The van der Waals surface area contributed by atoms with Gasteiger partial charge in [0.1, 0.15) is 11.4 Å². The van der Waals surface area contributed by atoms with Crippen molar-refractivity contribution in [1.82, 2.24) is 10.3 Å². The van der Waals surface area contributed by atoms with Crippen LogP contribution in [0.3, 0.4) is 0 Å². The van der Waals surface area contributed by atoms with Gasteiger partial charge in [-0.1, -0.05) is 72.3 Å². The second kappa shape index (κ2) is 15.4. The molecule has 238 valence electrons. The lowest BCUT2D eigenvalue weighted by molar-refractivity contribution is -0.115. The summed E-state index contributed by atoms with van der Waals surface area (Å²) in [6.45, 7) is 5.85. The zero-order chi connectivity index (χ0) is 33.3. The molecule has 1 atom stereocenters. The number of anilines is 2. The summed E-state index contributed by atoms with van der Waals surface area (Å²) in [4.78, 5) is 46.2. The van der Waals surface area contributed by atoms with E-state index >= 15 is 0 Å². The number of rotatable bonds is 11. The minimum Gasteiger partial charge on any atom is -0.496 e. The molecular formula is C37H34N4O4S2. The monoisotopic (exact) mass is 662 g/mol. The average Bonchev–Trinajstić information content (AvgIpc) is 3.44. The van der Waals surface area contributed by atoms with Crippen LogP contribution in [-0.4, -0.2) is 35.1 Å². The Hall–Kier alpha value is -5.19. The van der Waals surface area contributed by atoms with Crippen molar-refractivity contribution < 1.29 is 19.1 Å². The van der Waals surface area contributed by atoms with E-state index in [4.69, 9.17) is 4.74 Å². The van der Waals surface area contributed by atoms with Crippen LogP contribution in [0.2, 0.25) is 0 Å². The summed E-state index contributed by atoms with van der Waals surface area (Å²) in [7, 11) is 1.54. The lowest BCUT2D eigenvalue weighted by atomic mass is 10.1. The van der Waals surface area contributed by atoms with Crippen molar-refractivity contribution in [3.05, 3.63) is 130 Å². The number of hydrogen-bond acceptors (Lipinski definition) is 7. The summed E-state index contributed by atoms with van der Waals surface area (Å²) >= 11 is 2.80. The van der Waals surface area contributed by atoms with Crippen LogP contribution in [0.25, 0.3) is 17.3 Å². The zero-order valence-electron chi connectivity index (χ0n) is 26.4. The number of methoxy groups -OCH3 is 1. The Kier molecular flexibility index (Phi) is 10.9. The van der Waals surface area contributed by atoms with Crippen LogP contribution in [-0.2, 0) is 9.59 Å². The molecule has 10 heteroatoms. The number of benzene rings is 4. The number of aryl methyl sites for hydroxylation is 2. The fourth-order valence-corrected chi connectivity index (χ4v) is 6.39. The average molecular weight is 663 g/mol. The highest BCUT2D eigenvalue weighted by Gasteiger charge is 2.19. The summed E-state index contributed by atoms with van der Waals surface area (Å²) in [5.41, 5.74) is 4.61. The number of carbonyl (C=O) groups is 3. The van der Waals surface area contributed by atoms with Gasteiger partial charge in [0.05, 0.1) is 18.1 Å². The van der Waals surface area contributed by atoms with Crippen molar-refractivity contribution in [1.29, 1.82) is 0 Å². The van der Waals surface area contributed by atoms with Gasteiger partial charge in [-0.2, -0.15) is 0 Å². The van der Waals surface area contributed by atoms with Crippen LogP contribution in [0, 0.1) is 13.8 Å². The minimum absolute atomic E-state index is 0.0397.